The van der Waals surface area contributed by atoms with Crippen molar-refractivity contribution in [1.82, 2.24) is 15.5 Å². The maximum absolute atomic E-state index is 5.69. The van der Waals surface area contributed by atoms with E-state index in [0.29, 0.717) is 25.7 Å². The van der Waals surface area contributed by atoms with E-state index >= 15 is 0 Å². The SMILES string of the molecule is CN=C(NCc1ccn[nH]1)Nc1cccc(OCCCOC)c1.I. The molecule has 0 aliphatic rings. The van der Waals surface area contributed by atoms with E-state index in [9.17, 15) is 0 Å². The fourth-order valence-corrected chi connectivity index (χ4v) is 1.93. The number of aromatic nitrogens is 2. The minimum absolute atomic E-state index is 0. The Morgan fingerprint density at radius 1 is 1.29 bits per heavy atom. The Hall–Kier alpha value is -1.81. The third kappa shape index (κ3) is 7.18. The lowest BCUT2D eigenvalue weighted by atomic mass is 10.3. The van der Waals surface area contributed by atoms with Gasteiger partial charge in [0.25, 0.3) is 0 Å². The van der Waals surface area contributed by atoms with Crippen LogP contribution in [-0.4, -0.2) is 43.5 Å². The van der Waals surface area contributed by atoms with Crippen LogP contribution in [0.2, 0.25) is 0 Å². The van der Waals surface area contributed by atoms with E-state index in [2.05, 4.69) is 25.8 Å². The fourth-order valence-electron chi connectivity index (χ4n) is 1.93. The molecule has 24 heavy (non-hydrogen) atoms. The Balaban J connectivity index is 0.00000288. The molecule has 0 bridgehead atoms. The molecule has 8 heteroatoms. The number of halogens is 1. The van der Waals surface area contributed by atoms with Gasteiger partial charge in [-0.25, -0.2) is 0 Å². The number of hydrogen-bond donors (Lipinski definition) is 3. The second-order valence-corrected chi connectivity index (χ2v) is 4.86. The normalized spacial score (nSPS) is 10.8. The van der Waals surface area contributed by atoms with Crippen LogP contribution in [0.3, 0.4) is 0 Å². The second kappa shape index (κ2) is 11.7. The largest absolute Gasteiger partial charge is 0.493 e. The summed E-state index contributed by atoms with van der Waals surface area (Å²) in [5, 5.41) is 13.3. The van der Waals surface area contributed by atoms with Gasteiger partial charge in [0.2, 0.25) is 0 Å². The number of H-pyrrole nitrogens is 1. The summed E-state index contributed by atoms with van der Waals surface area (Å²) >= 11 is 0. The first-order valence-electron chi connectivity index (χ1n) is 7.49. The van der Waals surface area contributed by atoms with Crippen LogP contribution in [0.25, 0.3) is 0 Å². The van der Waals surface area contributed by atoms with Crippen LogP contribution in [0, 0.1) is 0 Å². The van der Waals surface area contributed by atoms with Crippen LogP contribution in [0.5, 0.6) is 5.75 Å². The van der Waals surface area contributed by atoms with Gasteiger partial charge in [-0.05, 0) is 18.2 Å². The molecular formula is C16H24IN5O2. The van der Waals surface area contributed by atoms with Crippen molar-refractivity contribution in [3.8, 4) is 5.75 Å². The van der Waals surface area contributed by atoms with E-state index in [1.807, 2.05) is 30.3 Å². The zero-order valence-electron chi connectivity index (χ0n) is 13.9. The van der Waals surface area contributed by atoms with E-state index in [-0.39, 0.29) is 24.0 Å². The first-order chi connectivity index (χ1) is 11.3. The molecule has 0 aliphatic carbocycles. The molecule has 0 amide bonds. The number of anilines is 1. The summed E-state index contributed by atoms with van der Waals surface area (Å²) in [7, 11) is 3.42. The van der Waals surface area contributed by atoms with Gasteiger partial charge in [0, 0.05) is 45.1 Å². The molecule has 0 spiro atoms. The Labute approximate surface area is 159 Å². The molecule has 0 radical (unpaired) electrons. The van der Waals surface area contributed by atoms with E-state index in [0.717, 1.165) is 23.6 Å². The van der Waals surface area contributed by atoms with Gasteiger partial charge in [-0.15, -0.1) is 24.0 Å². The molecule has 1 aromatic carbocycles. The summed E-state index contributed by atoms with van der Waals surface area (Å²) in [6.45, 7) is 1.94. The van der Waals surface area contributed by atoms with Crippen molar-refractivity contribution in [2.75, 3.05) is 32.7 Å². The van der Waals surface area contributed by atoms with Gasteiger partial charge in [0.05, 0.1) is 18.8 Å². The van der Waals surface area contributed by atoms with Crippen molar-refractivity contribution < 1.29 is 9.47 Å². The van der Waals surface area contributed by atoms with Crippen LogP contribution >= 0.6 is 24.0 Å². The molecule has 1 heterocycles. The van der Waals surface area contributed by atoms with Crippen LogP contribution in [0.4, 0.5) is 5.69 Å². The van der Waals surface area contributed by atoms with Gasteiger partial charge in [-0.1, -0.05) is 6.07 Å². The highest BCUT2D eigenvalue weighted by Gasteiger charge is 2.02. The summed E-state index contributed by atoms with van der Waals surface area (Å²) in [4.78, 5) is 4.20. The standard InChI is InChI=1S/C16H23N5O2.HI/c1-17-16(18-12-14-7-8-19-21-14)20-13-5-3-6-15(11-13)23-10-4-9-22-2;/h3,5-8,11H,4,9-10,12H2,1-2H3,(H,19,21)(H2,17,18,20);1H. The lowest BCUT2D eigenvalue weighted by molar-refractivity contribution is 0.172. The smallest absolute Gasteiger partial charge is 0.195 e. The molecule has 0 saturated carbocycles. The number of aromatic amines is 1. The highest BCUT2D eigenvalue weighted by Crippen LogP contribution is 2.17. The fraction of sp³-hybridized carbons (Fsp3) is 0.375. The van der Waals surface area contributed by atoms with Gasteiger partial charge in [-0.2, -0.15) is 5.10 Å². The number of aliphatic imine (C=N–C) groups is 1. The van der Waals surface area contributed by atoms with Crippen molar-refractivity contribution in [1.29, 1.82) is 0 Å². The van der Waals surface area contributed by atoms with E-state index < -0.39 is 0 Å². The van der Waals surface area contributed by atoms with Crippen LogP contribution in [0.15, 0.2) is 41.5 Å². The van der Waals surface area contributed by atoms with Crippen LogP contribution in [0.1, 0.15) is 12.1 Å². The quantitative estimate of drug-likeness (QED) is 0.252. The Kier molecular flexibility index (Phi) is 9.85. The third-order valence-electron chi connectivity index (χ3n) is 3.09. The van der Waals surface area contributed by atoms with Crippen LogP contribution in [-0.2, 0) is 11.3 Å². The van der Waals surface area contributed by atoms with Crippen LogP contribution < -0.4 is 15.4 Å². The summed E-state index contributed by atoms with van der Waals surface area (Å²) in [6, 6.07) is 9.69. The number of methoxy groups -OCH3 is 1. The van der Waals surface area contributed by atoms with Crippen molar-refractivity contribution in [3.63, 3.8) is 0 Å². The molecule has 0 unspecified atom stereocenters. The predicted octanol–water partition coefficient (Wildman–Crippen LogP) is 2.63. The van der Waals surface area contributed by atoms with Gasteiger partial charge in [0.15, 0.2) is 5.96 Å². The number of hydrogen-bond acceptors (Lipinski definition) is 4. The monoisotopic (exact) mass is 445 g/mol. The zero-order valence-corrected chi connectivity index (χ0v) is 16.2. The molecule has 7 nitrogen and oxygen atoms in total. The summed E-state index contributed by atoms with van der Waals surface area (Å²) < 4.78 is 10.7. The lowest BCUT2D eigenvalue weighted by Crippen LogP contribution is -2.30. The number of nitrogens with one attached hydrogen (secondary N) is 3. The summed E-state index contributed by atoms with van der Waals surface area (Å²) in [5.41, 5.74) is 1.90. The van der Waals surface area contributed by atoms with Gasteiger partial charge >= 0.3 is 0 Å². The molecule has 0 atom stereocenters. The molecule has 0 saturated heterocycles. The molecule has 0 fully saturated rings. The molecule has 132 valence electrons. The highest BCUT2D eigenvalue weighted by molar-refractivity contribution is 14.0. The van der Waals surface area contributed by atoms with E-state index in [1.165, 1.54) is 0 Å². The van der Waals surface area contributed by atoms with Crippen molar-refractivity contribution >= 4 is 35.6 Å². The highest BCUT2D eigenvalue weighted by atomic mass is 127. The first kappa shape index (κ1) is 20.2. The Morgan fingerprint density at radius 2 is 2.17 bits per heavy atom. The molecule has 2 rings (SSSR count). The minimum atomic E-state index is 0. The van der Waals surface area contributed by atoms with Gasteiger partial charge < -0.3 is 20.1 Å². The average molecular weight is 445 g/mol. The first-order valence-corrected chi connectivity index (χ1v) is 7.49. The number of guanidine groups is 1. The molecule has 3 N–H and O–H groups in total. The topological polar surface area (TPSA) is 83.6 Å². The maximum Gasteiger partial charge on any atom is 0.195 e. The molecular weight excluding hydrogens is 421 g/mol. The van der Waals surface area contributed by atoms with Crippen molar-refractivity contribution in [3.05, 3.63) is 42.2 Å². The number of rotatable bonds is 8. The number of benzene rings is 1. The number of nitrogens with zero attached hydrogens (tertiary/aromatic N) is 2. The third-order valence-corrected chi connectivity index (χ3v) is 3.09. The van der Waals surface area contributed by atoms with Crippen molar-refractivity contribution in [2.45, 2.75) is 13.0 Å². The molecule has 2 aromatic rings. The maximum atomic E-state index is 5.69. The minimum Gasteiger partial charge on any atom is -0.493 e. The zero-order chi connectivity index (χ0) is 16.3. The summed E-state index contributed by atoms with van der Waals surface area (Å²) in [5.74, 6) is 1.49. The van der Waals surface area contributed by atoms with Gasteiger partial charge in [-0.3, -0.25) is 10.1 Å². The number of ether oxygens (including phenoxy) is 2. The van der Waals surface area contributed by atoms with Gasteiger partial charge in [0.1, 0.15) is 5.75 Å². The molecule has 1 aromatic heterocycles. The molecule has 0 aliphatic heterocycles. The van der Waals surface area contributed by atoms with Crippen molar-refractivity contribution in [2.24, 2.45) is 4.99 Å². The Morgan fingerprint density at radius 3 is 2.88 bits per heavy atom. The average Bonchev–Trinajstić information content (AvgIpc) is 3.09. The van der Waals surface area contributed by atoms with E-state index in [4.69, 9.17) is 9.47 Å². The Bertz CT molecular complexity index is 604. The second-order valence-electron chi connectivity index (χ2n) is 4.86. The predicted molar refractivity (Wildman–Crippen MR) is 106 cm³/mol. The summed E-state index contributed by atoms with van der Waals surface area (Å²) in [6.07, 6.45) is 2.58. The lowest BCUT2D eigenvalue weighted by Gasteiger charge is -2.12. The van der Waals surface area contributed by atoms with E-state index in [1.54, 1.807) is 20.4 Å².